The van der Waals surface area contributed by atoms with Crippen molar-refractivity contribution in [1.82, 2.24) is 5.01 Å². The van der Waals surface area contributed by atoms with Crippen LogP contribution in [0.25, 0.3) is 0 Å². The fourth-order valence-corrected chi connectivity index (χ4v) is 3.87. The molecule has 116 valence electrons. The minimum absolute atomic E-state index is 0.00922. The van der Waals surface area contributed by atoms with Crippen LogP contribution >= 0.6 is 0 Å². The zero-order valence-electron chi connectivity index (χ0n) is 13.5. The maximum absolute atomic E-state index is 12.2. The number of hydrazone groups is 1. The number of rotatable bonds is 1. The molecular formula is C20H20N2O. The van der Waals surface area contributed by atoms with E-state index in [0.717, 1.165) is 18.6 Å². The lowest BCUT2D eigenvalue weighted by Gasteiger charge is -2.29. The van der Waals surface area contributed by atoms with Gasteiger partial charge in [-0.15, -0.1) is 0 Å². The summed E-state index contributed by atoms with van der Waals surface area (Å²) in [6, 6.07) is 16.9. The molecular weight excluding hydrogens is 284 g/mol. The second kappa shape index (κ2) is 5.34. The Labute approximate surface area is 136 Å². The first-order valence-electron chi connectivity index (χ1n) is 8.18. The molecule has 0 N–H and O–H groups in total. The summed E-state index contributed by atoms with van der Waals surface area (Å²) < 4.78 is 0. The van der Waals surface area contributed by atoms with E-state index in [1.54, 1.807) is 11.9 Å². The molecule has 0 saturated heterocycles. The van der Waals surface area contributed by atoms with Crippen molar-refractivity contribution in [1.29, 1.82) is 0 Å². The van der Waals surface area contributed by atoms with E-state index in [-0.39, 0.29) is 17.9 Å². The molecule has 2 aromatic carbocycles. The number of fused-ring (bicyclic) bond motifs is 3. The summed E-state index contributed by atoms with van der Waals surface area (Å²) in [6.45, 7) is 3.71. The van der Waals surface area contributed by atoms with E-state index in [2.05, 4.69) is 37.3 Å². The van der Waals surface area contributed by atoms with Gasteiger partial charge in [-0.3, -0.25) is 4.79 Å². The highest BCUT2D eigenvalue weighted by atomic mass is 16.2. The van der Waals surface area contributed by atoms with Crippen molar-refractivity contribution in [2.45, 2.75) is 32.7 Å². The normalized spacial score (nSPS) is 22.3. The summed E-state index contributed by atoms with van der Waals surface area (Å²) in [4.78, 5) is 12.2. The second-order valence-corrected chi connectivity index (χ2v) is 6.51. The molecule has 0 fully saturated rings. The van der Waals surface area contributed by atoms with E-state index in [9.17, 15) is 4.79 Å². The Bertz CT molecular complexity index is 795. The Morgan fingerprint density at radius 3 is 2.70 bits per heavy atom. The molecule has 0 radical (unpaired) electrons. The van der Waals surface area contributed by atoms with Gasteiger partial charge in [-0.1, -0.05) is 48.0 Å². The summed E-state index contributed by atoms with van der Waals surface area (Å²) in [5.74, 6) is 0.297. The lowest BCUT2D eigenvalue weighted by molar-refractivity contribution is -0.131. The van der Waals surface area contributed by atoms with Crippen LogP contribution in [0.4, 0.5) is 0 Å². The number of benzene rings is 2. The average molecular weight is 304 g/mol. The van der Waals surface area contributed by atoms with Gasteiger partial charge >= 0.3 is 0 Å². The molecule has 1 aliphatic carbocycles. The van der Waals surface area contributed by atoms with Gasteiger partial charge in [0.15, 0.2) is 0 Å². The predicted molar refractivity (Wildman–Crippen MR) is 91.2 cm³/mol. The molecule has 0 aromatic heterocycles. The molecule has 1 amide bonds. The van der Waals surface area contributed by atoms with Gasteiger partial charge in [0.25, 0.3) is 0 Å². The molecule has 0 spiro atoms. The number of carbonyl (C=O) groups excluding carboxylic acids is 1. The van der Waals surface area contributed by atoms with Gasteiger partial charge in [0.2, 0.25) is 5.91 Å². The number of nitrogens with zero attached hydrogens (tertiary/aromatic N) is 2. The van der Waals surface area contributed by atoms with Crippen molar-refractivity contribution in [3.63, 3.8) is 0 Å². The lowest BCUT2D eigenvalue weighted by atomic mass is 9.77. The van der Waals surface area contributed by atoms with Crippen LogP contribution in [0.3, 0.4) is 0 Å². The fraction of sp³-hybridized carbons (Fsp3) is 0.300. The number of hydrogen-bond donors (Lipinski definition) is 0. The number of carbonyl (C=O) groups is 1. The topological polar surface area (TPSA) is 32.7 Å². The van der Waals surface area contributed by atoms with E-state index in [0.29, 0.717) is 0 Å². The largest absolute Gasteiger partial charge is 0.273 e. The predicted octanol–water partition coefficient (Wildman–Crippen LogP) is 3.86. The summed E-state index contributed by atoms with van der Waals surface area (Å²) >= 11 is 0. The molecule has 2 aliphatic rings. The Kier molecular flexibility index (Phi) is 3.29. The number of hydrogen-bond acceptors (Lipinski definition) is 2. The van der Waals surface area contributed by atoms with E-state index < -0.39 is 0 Å². The van der Waals surface area contributed by atoms with Crippen molar-refractivity contribution in [3.05, 3.63) is 70.8 Å². The molecule has 4 rings (SSSR count). The zero-order valence-corrected chi connectivity index (χ0v) is 13.5. The van der Waals surface area contributed by atoms with Crippen LogP contribution in [0.1, 0.15) is 41.6 Å². The van der Waals surface area contributed by atoms with Gasteiger partial charge in [-0.05, 0) is 37.0 Å². The lowest BCUT2D eigenvalue weighted by Crippen LogP contribution is -2.31. The summed E-state index contributed by atoms with van der Waals surface area (Å²) in [7, 11) is 0. The molecule has 2 aromatic rings. The van der Waals surface area contributed by atoms with Crippen LogP contribution in [0, 0.1) is 12.8 Å². The highest BCUT2D eigenvalue weighted by Crippen LogP contribution is 2.43. The van der Waals surface area contributed by atoms with Gasteiger partial charge in [0, 0.05) is 18.4 Å². The van der Waals surface area contributed by atoms with Gasteiger partial charge in [-0.25, -0.2) is 5.01 Å². The van der Waals surface area contributed by atoms with Gasteiger partial charge in [0.1, 0.15) is 0 Å². The SMILES string of the molecule is CC(=O)N1N=C2c3cc(C)ccc3CC[C@H]2[C@@H]1c1ccccc1. The Morgan fingerprint density at radius 1 is 1.17 bits per heavy atom. The van der Waals surface area contributed by atoms with E-state index >= 15 is 0 Å². The number of amides is 1. The third-order valence-corrected chi connectivity index (χ3v) is 4.94. The fourth-order valence-electron chi connectivity index (χ4n) is 3.87. The Hall–Kier alpha value is -2.42. The van der Waals surface area contributed by atoms with E-state index in [1.807, 2.05) is 18.2 Å². The first kappa shape index (κ1) is 14.2. The highest BCUT2D eigenvalue weighted by molar-refractivity contribution is 6.06. The van der Waals surface area contributed by atoms with E-state index in [4.69, 9.17) is 5.10 Å². The molecule has 0 saturated carbocycles. The molecule has 23 heavy (non-hydrogen) atoms. The molecule has 2 atom stereocenters. The standard InChI is InChI=1S/C20H20N2O/c1-13-8-9-15-10-11-17-19(18(15)12-13)21-22(14(2)23)20(17)16-6-4-3-5-7-16/h3-9,12,17,20H,10-11H2,1-2H3/t17-,20+/m1/s1. The molecule has 3 nitrogen and oxygen atoms in total. The quantitative estimate of drug-likeness (QED) is 0.787. The van der Waals surface area contributed by atoms with Gasteiger partial charge in [0.05, 0.1) is 11.8 Å². The first-order valence-corrected chi connectivity index (χ1v) is 8.18. The van der Waals surface area contributed by atoms with Crippen molar-refractivity contribution >= 4 is 11.6 Å². The second-order valence-electron chi connectivity index (χ2n) is 6.51. The summed E-state index contributed by atoms with van der Waals surface area (Å²) in [6.07, 6.45) is 2.09. The van der Waals surface area contributed by atoms with Crippen LogP contribution in [0.2, 0.25) is 0 Å². The van der Waals surface area contributed by atoms with Crippen LogP contribution in [-0.2, 0) is 11.2 Å². The maximum atomic E-state index is 12.2. The van der Waals surface area contributed by atoms with Crippen LogP contribution in [0.5, 0.6) is 0 Å². The third-order valence-electron chi connectivity index (χ3n) is 4.94. The molecule has 0 unspecified atom stereocenters. The molecule has 1 aliphatic heterocycles. The van der Waals surface area contributed by atoms with Crippen LogP contribution in [-0.4, -0.2) is 16.6 Å². The average Bonchev–Trinajstić information content (AvgIpc) is 2.96. The first-order chi connectivity index (χ1) is 11.1. The maximum Gasteiger partial charge on any atom is 0.240 e. The van der Waals surface area contributed by atoms with Crippen molar-refractivity contribution < 1.29 is 4.79 Å². The van der Waals surface area contributed by atoms with Crippen LogP contribution < -0.4 is 0 Å². The van der Waals surface area contributed by atoms with Crippen molar-refractivity contribution in [3.8, 4) is 0 Å². The minimum Gasteiger partial charge on any atom is -0.273 e. The number of aryl methyl sites for hydroxylation is 2. The monoisotopic (exact) mass is 304 g/mol. The van der Waals surface area contributed by atoms with Gasteiger partial charge in [-0.2, -0.15) is 5.10 Å². The van der Waals surface area contributed by atoms with Crippen molar-refractivity contribution in [2.24, 2.45) is 11.0 Å². The third kappa shape index (κ3) is 2.27. The van der Waals surface area contributed by atoms with Gasteiger partial charge < -0.3 is 0 Å². The van der Waals surface area contributed by atoms with Crippen LogP contribution in [0.15, 0.2) is 53.6 Å². The summed E-state index contributed by atoms with van der Waals surface area (Å²) in [5, 5.41) is 6.44. The molecule has 1 heterocycles. The summed E-state index contributed by atoms with van der Waals surface area (Å²) in [5.41, 5.74) is 6.07. The molecule has 0 bridgehead atoms. The highest BCUT2D eigenvalue weighted by Gasteiger charge is 2.42. The van der Waals surface area contributed by atoms with Crippen molar-refractivity contribution in [2.75, 3.05) is 0 Å². The smallest absolute Gasteiger partial charge is 0.240 e. The molecule has 3 heteroatoms. The zero-order chi connectivity index (χ0) is 16.0. The van der Waals surface area contributed by atoms with E-state index in [1.165, 1.54) is 22.3 Å². The Morgan fingerprint density at radius 2 is 1.96 bits per heavy atom. The minimum atomic E-state index is 0.00922. The Balaban J connectivity index is 1.83.